The molecule has 0 aliphatic heterocycles. The third kappa shape index (κ3) is 5.44. The molecule has 0 amide bonds. The van der Waals surface area contributed by atoms with Gasteiger partial charge in [0.2, 0.25) is 0 Å². The van der Waals surface area contributed by atoms with Crippen molar-refractivity contribution in [2.45, 2.75) is 32.4 Å². The molecular weight excluding hydrogens is 413 g/mol. The molecule has 4 nitrogen and oxygen atoms in total. The zero-order chi connectivity index (χ0) is 21.6. The molecule has 0 atom stereocenters. The van der Waals surface area contributed by atoms with E-state index in [0.717, 1.165) is 30.9 Å². The van der Waals surface area contributed by atoms with Gasteiger partial charge >= 0.3 is 6.18 Å². The van der Waals surface area contributed by atoms with E-state index in [1.165, 1.54) is 17.4 Å². The zero-order valence-electron chi connectivity index (χ0n) is 16.8. The van der Waals surface area contributed by atoms with Crippen LogP contribution in [0.15, 0.2) is 47.8 Å². The molecule has 0 fully saturated rings. The van der Waals surface area contributed by atoms with Crippen LogP contribution in [0.1, 0.15) is 31.7 Å². The number of alkyl halides is 3. The van der Waals surface area contributed by atoms with E-state index in [4.69, 9.17) is 9.47 Å². The van der Waals surface area contributed by atoms with Gasteiger partial charge in [-0.25, -0.2) is 4.98 Å². The first kappa shape index (κ1) is 22.0. The first-order chi connectivity index (χ1) is 14.4. The normalized spacial score (nSPS) is 11.4. The van der Waals surface area contributed by atoms with Gasteiger partial charge in [0.15, 0.2) is 5.13 Å². The average Bonchev–Trinajstić information content (AvgIpc) is 3.19. The van der Waals surface area contributed by atoms with Gasteiger partial charge in [-0.15, -0.1) is 11.3 Å². The number of nitrogens with one attached hydrogen (secondary N) is 1. The van der Waals surface area contributed by atoms with E-state index in [-0.39, 0.29) is 12.4 Å². The quantitative estimate of drug-likeness (QED) is 0.362. The van der Waals surface area contributed by atoms with Crippen LogP contribution in [0.2, 0.25) is 0 Å². The third-order valence-corrected chi connectivity index (χ3v) is 5.19. The molecule has 8 heteroatoms. The molecule has 160 valence electrons. The van der Waals surface area contributed by atoms with E-state index < -0.39 is 11.7 Å². The highest BCUT2D eigenvalue weighted by molar-refractivity contribution is 7.14. The number of nitrogens with zero attached hydrogens (tertiary/aromatic N) is 1. The van der Waals surface area contributed by atoms with Crippen LogP contribution in [0.4, 0.5) is 24.0 Å². The maximum Gasteiger partial charge on any atom is 0.420 e. The maximum atomic E-state index is 13.5. The molecule has 0 bridgehead atoms. The van der Waals surface area contributed by atoms with Crippen molar-refractivity contribution in [3.05, 3.63) is 53.4 Å². The molecule has 1 N–H and O–H groups in total. The first-order valence-corrected chi connectivity index (χ1v) is 10.5. The van der Waals surface area contributed by atoms with Gasteiger partial charge < -0.3 is 14.8 Å². The fourth-order valence-electron chi connectivity index (χ4n) is 2.92. The lowest BCUT2D eigenvalue weighted by Gasteiger charge is -2.15. The van der Waals surface area contributed by atoms with Crippen molar-refractivity contribution >= 4 is 22.2 Å². The molecule has 3 rings (SSSR count). The van der Waals surface area contributed by atoms with Crippen LogP contribution >= 0.6 is 11.3 Å². The van der Waals surface area contributed by atoms with Gasteiger partial charge in [0.05, 0.1) is 25.0 Å². The van der Waals surface area contributed by atoms with Crippen molar-refractivity contribution < 1.29 is 22.6 Å². The Balaban J connectivity index is 1.79. The van der Waals surface area contributed by atoms with E-state index in [9.17, 15) is 13.2 Å². The molecule has 30 heavy (non-hydrogen) atoms. The van der Waals surface area contributed by atoms with Gasteiger partial charge in [-0.2, -0.15) is 13.2 Å². The minimum atomic E-state index is -4.51. The molecule has 0 saturated heterocycles. The van der Waals surface area contributed by atoms with Crippen LogP contribution in [-0.2, 0) is 6.18 Å². The van der Waals surface area contributed by atoms with Gasteiger partial charge in [0.25, 0.3) is 0 Å². The summed E-state index contributed by atoms with van der Waals surface area (Å²) < 4.78 is 51.3. The lowest BCUT2D eigenvalue weighted by molar-refractivity contribution is -0.138. The number of unbranched alkanes of at least 4 members (excludes halogenated alkanes) is 2. The SMILES string of the molecule is CCCCCOc1ccc(Nc2nc(-c3ccccc3OC)cs2)cc1C(F)(F)F. The Bertz CT molecular complexity index is 973. The Hall–Kier alpha value is -2.74. The van der Waals surface area contributed by atoms with Crippen LogP contribution in [0.25, 0.3) is 11.3 Å². The molecule has 2 aromatic carbocycles. The second-order valence-electron chi connectivity index (χ2n) is 6.63. The number of rotatable bonds is 9. The summed E-state index contributed by atoms with van der Waals surface area (Å²) in [6, 6.07) is 11.4. The number of aromatic nitrogens is 1. The lowest BCUT2D eigenvalue weighted by atomic mass is 10.1. The standard InChI is InChI=1S/C22H23F3N2O2S/c1-3-4-7-12-29-20-11-10-15(13-17(20)22(23,24)25)26-21-27-18(14-30-21)16-8-5-6-9-19(16)28-2/h5-6,8-11,13-14H,3-4,7,12H2,1-2H3,(H,26,27). The summed E-state index contributed by atoms with van der Waals surface area (Å²) in [6.45, 7) is 2.29. The number of benzene rings is 2. The van der Waals surface area contributed by atoms with Gasteiger partial charge in [0.1, 0.15) is 11.5 Å². The summed E-state index contributed by atoms with van der Waals surface area (Å²) in [5.41, 5.74) is 0.998. The molecule has 0 spiro atoms. The van der Waals surface area contributed by atoms with E-state index in [2.05, 4.69) is 10.3 Å². The zero-order valence-corrected chi connectivity index (χ0v) is 17.6. The number of anilines is 2. The summed E-state index contributed by atoms with van der Waals surface area (Å²) in [5, 5.41) is 5.27. The molecule has 0 aliphatic rings. The summed E-state index contributed by atoms with van der Waals surface area (Å²) in [6.07, 6.45) is -1.90. The highest BCUT2D eigenvalue weighted by atomic mass is 32.1. The second kappa shape index (κ2) is 9.84. The molecule has 0 saturated carbocycles. The van der Waals surface area contributed by atoms with Crippen molar-refractivity contribution in [3.8, 4) is 22.8 Å². The largest absolute Gasteiger partial charge is 0.496 e. The van der Waals surface area contributed by atoms with Crippen molar-refractivity contribution in [3.63, 3.8) is 0 Å². The number of hydrogen-bond donors (Lipinski definition) is 1. The summed E-state index contributed by atoms with van der Waals surface area (Å²) >= 11 is 1.31. The molecule has 1 heterocycles. The number of methoxy groups -OCH3 is 1. The van der Waals surface area contributed by atoms with Crippen LogP contribution in [0, 0.1) is 0 Å². The van der Waals surface area contributed by atoms with Crippen LogP contribution in [-0.4, -0.2) is 18.7 Å². The monoisotopic (exact) mass is 436 g/mol. The third-order valence-electron chi connectivity index (χ3n) is 4.43. The molecule has 1 aromatic heterocycles. The predicted octanol–water partition coefficient (Wildman–Crippen LogP) is 7.15. The molecular formula is C22H23F3N2O2S. The van der Waals surface area contributed by atoms with E-state index in [1.807, 2.05) is 36.6 Å². The number of para-hydroxylation sites is 1. The van der Waals surface area contributed by atoms with Crippen molar-refractivity contribution in [2.24, 2.45) is 0 Å². The van der Waals surface area contributed by atoms with Crippen molar-refractivity contribution in [1.29, 1.82) is 0 Å². The highest BCUT2D eigenvalue weighted by Crippen LogP contribution is 2.39. The molecule has 0 aliphatic carbocycles. The first-order valence-electron chi connectivity index (χ1n) is 9.62. The molecule has 3 aromatic rings. The Morgan fingerprint density at radius 2 is 1.87 bits per heavy atom. The van der Waals surface area contributed by atoms with Gasteiger partial charge in [0, 0.05) is 16.6 Å². The summed E-state index contributed by atoms with van der Waals surface area (Å²) in [4.78, 5) is 4.48. The second-order valence-corrected chi connectivity index (χ2v) is 7.49. The number of halogens is 3. The minimum absolute atomic E-state index is 0.155. The smallest absolute Gasteiger partial charge is 0.420 e. The van der Waals surface area contributed by atoms with Crippen LogP contribution in [0.3, 0.4) is 0 Å². The Morgan fingerprint density at radius 3 is 2.60 bits per heavy atom. The fraction of sp³-hybridized carbons (Fsp3) is 0.318. The molecule has 0 unspecified atom stereocenters. The Kier molecular flexibility index (Phi) is 7.20. The van der Waals surface area contributed by atoms with Gasteiger partial charge in [-0.05, 0) is 36.8 Å². The predicted molar refractivity (Wildman–Crippen MR) is 114 cm³/mol. The number of hydrogen-bond acceptors (Lipinski definition) is 5. The Labute approximate surface area is 177 Å². The summed E-state index contributed by atoms with van der Waals surface area (Å²) in [5.74, 6) is 0.524. The molecule has 0 radical (unpaired) electrons. The fourth-order valence-corrected chi connectivity index (χ4v) is 3.65. The van der Waals surface area contributed by atoms with E-state index >= 15 is 0 Å². The lowest BCUT2D eigenvalue weighted by Crippen LogP contribution is -2.10. The van der Waals surface area contributed by atoms with Gasteiger partial charge in [-0.3, -0.25) is 0 Å². The number of thiazole rings is 1. The van der Waals surface area contributed by atoms with E-state index in [1.54, 1.807) is 13.2 Å². The Morgan fingerprint density at radius 1 is 1.07 bits per heavy atom. The van der Waals surface area contributed by atoms with Crippen molar-refractivity contribution in [1.82, 2.24) is 4.98 Å². The van der Waals surface area contributed by atoms with E-state index in [0.29, 0.717) is 22.3 Å². The van der Waals surface area contributed by atoms with Gasteiger partial charge in [-0.1, -0.05) is 31.9 Å². The van der Waals surface area contributed by atoms with Crippen LogP contribution < -0.4 is 14.8 Å². The maximum absolute atomic E-state index is 13.5. The summed E-state index contributed by atoms with van der Waals surface area (Å²) in [7, 11) is 1.58. The minimum Gasteiger partial charge on any atom is -0.496 e. The highest BCUT2D eigenvalue weighted by Gasteiger charge is 2.34. The number of ether oxygens (including phenoxy) is 2. The van der Waals surface area contributed by atoms with Crippen molar-refractivity contribution in [2.75, 3.05) is 19.0 Å². The average molecular weight is 436 g/mol. The topological polar surface area (TPSA) is 43.4 Å². The van der Waals surface area contributed by atoms with Crippen LogP contribution in [0.5, 0.6) is 11.5 Å².